The Morgan fingerprint density at radius 1 is 1.46 bits per heavy atom. The standard InChI is InChI=1S/C15H22N6O3/c1-10-7-16-13(24-10)9-23-8-12(22)17-14(15-18-20-21-19-15)11-5-3-2-4-6-11/h7,11,14H,2-6,8-9H2,1H3,(H,17,22)(H,18,19,20,21). The van der Waals surface area contributed by atoms with E-state index in [1.54, 1.807) is 6.20 Å². The van der Waals surface area contributed by atoms with Crippen LogP contribution in [0.15, 0.2) is 10.6 Å². The van der Waals surface area contributed by atoms with Crippen LogP contribution in [0.3, 0.4) is 0 Å². The van der Waals surface area contributed by atoms with Gasteiger partial charge in [-0.3, -0.25) is 4.79 Å². The zero-order valence-electron chi connectivity index (χ0n) is 13.7. The number of aromatic amines is 1. The molecule has 9 heteroatoms. The monoisotopic (exact) mass is 334 g/mol. The maximum atomic E-state index is 12.2. The molecule has 0 aliphatic heterocycles. The lowest BCUT2D eigenvalue weighted by Crippen LogP contribution is -2.37. The van der Waals surface area contributed by atoms with Crippen LogP contribution in [0, 0.1) is 12.8 Å². The number of hydrogen-bond donors (Lipinski definition) is 2. The summed E-state index contributed by atoms with van der Waals surface area (Å²) in [6, 6.07) is -0.232. The second kappa shape index (κ2) is 8.00. The predicted molar refractivity (Wildman–Crippen MR) is 82.5 cm³/mol. The summed E-state index contributed by atoms with van der Waals surface area (Å²) in [6.45, 7) is 1.91. The van der Waals surface area contributed by atoms with Gasteiger partial charge in [0.2, 0.25) is 11.8 Å². The molecular formula is C15H22N6O3. The second-order valence-electron chi connectivity index (χ2n) is 6.07. The van der Waals surface area contributed by atoms with Crippen LogP contribution in [0.1, 0.15) is 55.6 Å². The van der Waals surface area contributed by atoms with Crippen molar-refractivity contribution < 1.29 is 13.9 Å². The maximum absolute atomic E-state index is 12.2. The van der Waals surface area contributed by atoms with Gasteiger partial charge in [-0.1, -0.05) is 24.5 Å². The van der Waals surface area contributed by atoms with Gasteiger partial charge >= 0.3 is 0 Å². The highest BCUT2D eigenvalue weighted by atomic mass is 16.5. The van der Waals surface area contributed by atoms with Gasteiger partial charge in [-0.15, -0.1) is 10.2 Å². The Balaban J connectivity index is 1.52. The number of nitrogens with one attached hydrogen (secondary N) is 2. The zero-order chi connectivity index (χ0) is 16.8. The van der Waals surface area contributed by atoms with Crippen molar-refractivity contribution in [3.05, 3.63) is 23.7 Å². The van der Waals surface area contributed by atoms with Crippen LogP contribution in [-0.4, -0.2) is 38.1 Å². The van der Waals surface area contributed by atoms with Gasteiger partial charge in [-0.05, 0) is 25.7 Å². The minimum atomic E-state index is -0.232. The summed E-state index contributed by atoms with van der Waals surface area (Å²) < 4.78 is 10.7. The molecule has 0 aromatic carbocycles. The summed E-state index contributed by atoms with van der Waals surface area (Å²) in [5, 5.41) is 17.1. The lowest BCUT2D eigenvalue weighted by atomic mass is 9.83. The smallest absolute Gasteiger partial charge is 0.246 e. The van der Waals surface area contributed by atoms with E-state index in [9.17, 15) is 4.79 Å². The minimum absolute atomic E-state index is 0.0670. The van der Waals surface area contributed by atoms with Crippen molar-refractivity contribution in [3.63, 3.8) is 0 Å². The molecule has 1 aliphatic carbocycles. The Morgan fingerprint density at radius 2 is 2.29 bits per heavy atom. The van der Waals surface area contributed by atoms with Crippen LogP contribution in [0.5, 0.6) is 0 Å². The first-order valence-electron chi connectivity index (χ1n) is 8.24. The fourth-order valence-corrected chi connectivity index (χ4v) is 3.08. The van der Waals surface area contributed by atoms with Gasteiger partial charge in [0.15, 0.2) is 5.82 Å². The quantitative estimate of drug-likeness (QED) is 0.786. The largest absolute Gasteiger partial charge is 0.443 e. The lowest BCUT2D eigenvalue weighted by molar-refractivity contribution is -0.127. The number of ether oxygens (including phenoxy) is 1. The van der Waals surface area contributed by atoms with E-state index in [4.69, 9.17) is 9.15 Å². The molecular weight excluding hydrogens is 312 g/mol. The van der Waals surface area contributed by atoms with E-state index in [0.29, 0.717) is 23.4 Å². The van der Waals surface area contributed by atoms with Gasteiger partial charge in [-0.2, -0.15) is 5.21 Å². The number of tetrazole rings is 1. The van der Waals surface area contributed by atoms with Crippen molar-refractivity contribution in [1.82, 2.24) is 30.9 Å². The van der Waals surface area contributed by atoms with Crippen LogP contribution < -0.4 is 5.32 Å². The average molecular weight is 334 g/mol. The molecule has 9 nitrogen and oxygen atoms in total. The molecule has 2 heterocycles. The van der Waals surface area contributed by atoms with Crippen LogP contribution in [0.2, 0.25) is 0 Å². The molecule has 1 atom stereocenters. The number of carbonyl (C=O) groups excluding carboxylic acids is 1. The molecule has 2 aromatic heterocycles. The first kappa shape index (κ1) is 16.6. The molecule has 1 saturated carbocycles. The number of hydrogen-bond acceptors (Lipinski definition) is 7. The SMILES string of the molecule is Cc1cnc(COCC(=O)NC(c2nn[nH]n2)C2CCCCC2)o1. The molecule has 0 radical (unpaired) electrons. The molecule has 2 N–H and O–H groups in total. The summed E-state index contributed by atoms with van der Waals surface area (Å²) in [7, 11) is 0. The molecule has 1 aliphatic rings. The number of amides is 1. The Labute approximate surface area is 139 Å². The van der Waals surface area contributed by atoms with Gasteiger partial charge in [-0.25, -0.2) is 4.98 Å². The number of aryl methyl sites for hydroxylation is 1. The number of H-pyrrole nitrogens is 1. The van der Waals surface area contributed by atoms with E-state index in [1.165, 1.54) is 6.42 Å². The summed E-state index contributed by atoms with van der Waals surface area (Å²) in [5.74, 6) is 1.82. The Kier molecular flexibility index (Phi) is 5.52. The number of nitrogens with zero attached hydrogens (tertiary/aromatic N) is 4. The van der Waals surface area contributed by atoms with Crippen LogP contribution >= 0.6 is 0 Å². The van der Waals surface area contributed by atoms with E-state index >= 15 is 0 Å². The van der Waals surface area contributed by atoms with Crippen LogP contribution in [-0.2, 0) is 16.1 Å². The highest BCUT2D eigenvalue weighted by molar-refractivity contribution is 5.77. The molecule has 0 spiro atoms. The van der Waals surface area contributed by atoms with Crippen LogP contribution in [0.4, 0.5) is 0 Å². The number of rotatable bonds is 7. The van der Waals surface area contributed by atoms with E-state index in [2.05, 4.69) is 30.9 Å². The first-order chi connectivity index (χ1) is 11.7. The Morgan fingerprint density at radius 3 is 2.96 bits per heavy atom. The highest BCUT2D eigenvalue weighted by Crippen LogP contribution is 2.32. The summed E-state index contributed by atoms with van der Waals surface area (Å²) in [4.78, 5) is 16.2. The van der Waals surface area contributed by atoms with Crippen molar-refractivity contribution in [2.75, 3.05) is 6.61 Å². The normalized spacial score (nSPS) is 16.9. The summed E-state index contributed by atoms with van der Waals surface area (Å²) in [5.41, 5.74) is 0. The summed E-state index contributed by atoms with van der Waals surface area (Å²) >= 11 is 0. The van der Waals surface area contributed by atoms with Gasteiger partial charge in [0.25, 0.3) is 0 Å². The molecule has 130 valence electrons. The molecule has 0 saturated heterocycles. The topological polar surface area (TPSA) is 119 Å². The number of aromatic nitrogens is 5. The minimum Gasteiger partial charge on any atom is -0.443 e. The highest BCUT2D eigenvalue weighted by Gasteiger charge is 2.29. The molecule has 1 fully saturated rings. The number of oxazole rings is 1. The molecule has 1 amide bonds. The Hall–Kier alpha value is -2.29. The molecule has 24 heavy (non-hydrogen) atoms. The fourth-order valence-electron chi connectivity index (χ4n) is 3.08. The summed E-state index contributed by atoms with van der Waals surface area (Å²) in [6.07, 6.45) is 7.28. The molecule has 2 aromatic rings. The van der Waals surface area contributed by atoms with E-state index < -0.39 is 0 Å². The van der Waals surface area contributed by atoms with E-state index in [1.807, 2.05) is 6.92 Å². The Bertz CT molecular complexity index is 635. The van der Waals surface area contributed by atoms with Crippen molar-refractivity contribution in [2.45, 2.75) is 51.7 Å². The van der Waals surface area contributed by atoms with Crippen molar-refractivity contribution in [3.8, 4) is 0 Å². The number of carbonyl (C=O) groups is 1. The maximum Gasteiger partial charge on any atom is 0.246 e. The third-order valence-corrected chi connectivity index (χ3v) is 4.21. The second-order valence-corrected chi connectivity index (χ2v) is 6.07. The lowest BCUT2D eigenvalue weighted by Gasteiger charge is -2.28. The molecule has 0 bridgehead atoms. The van der Waals surface area contributed by atoms with Crippen molar-refractivity contribution in [1.29, 1.82) is 0 Å². The predicted octanol–water partition coefficient (Wildman–Crippen LogP) is 1.45. The van der Waals surface area contributed by atoms with Gasteiger partial charge < -0.3 is 14.5 Å². The third-order valence-electron chi connectivity index (χ3n) is 4.21. The third kappa shape index (κ3) is 4.38. The molecule has 3 rings (SSSR count). The molecule has 1 unspecified atom stereocenters. The van der Waals surface area contributed by atoms with Crippen molar-refractivity contribution in [2.24, 2.45) is 5.92 Å². The van der Waals surface area contributed by atoms with Crippen molar-refractivity contribution >= 4 is 5.91 Å². The zero-order valence-corrected chi connectivity index (χ0v) is 13.7. The van der Waals surface area contributed by atoms with Crippen LogP contribution in [0.25, 0.3) is 0 Å². The van der Waals surface area contributed by atoms with Gasteiger partial charge in [0.05, 0.1) is 12.2 Å². The average Bonchev–Trinajstić information content (AvgIpc) is 3.25. The van der Waals surface area contributed by atoms with Gasteiger partial charge in [0, 0.05) is 0 Å². The first-order valence-corrected chi connectivity index (χ1v) is 8.24. The van der Waals surface area contributed by atoms with E-state index in [-0.39, 0.29) is 25.2 Å². The van der Waals surface area contributed by atoms with Gasteiger partial charge in [0.1, 0.15) is 19.0 Å². The van der Waals surface area contributed by atoms with E-state index in [0.717, 1.165) is 25.7 Å². The fraction of sp³-hybridized carbons (Fsp3) is 0.667.